The van der Waals surface area contributed by atoms with Gasteiger partial charge in [-0.2, -0.15) is 0 Å². The maximum absolute atomic E-state index is 13.7. The number of aliphatic hydroxyl groups is 1. The third kappa shape index (κ3) is 6.76. The molecule has 2 aromatic heterocycles. The van der Waals surface area contributed by atoms with Crippen LogP contribution in [0.1, 0.15) is 27.0 Å². The maximum atomic E-state index is 13.7. The summed E-state index contributed by atoms with van der Waals surface area (Å²) in [5.41, 5.74) is 6.42. The standard InChI is InChI=1S/C37H36N6O5/c1-41(2)28-12-13-30-25(18-28)15-17-43(35(30)45)33-11-7-10-29(31(33)22-44)26-19-32(36(46)42(3)21-26)40-34-20-27(14-16-38-34)39-37(47)48-23-24-8-5-4-6-9-24/h4-14,16,18-21,44H,15,17,22-23H2,1-3H3,(H2,38,39,40,47). The number of aliphatic hydroxyl groups excluding tert-OH is 1. The van der Waals surface area contributed by atoms with Crippen molar-refractivity contribution < 1.29 is 19.4 Å². The molecule has 0 saturated heterocycles. The van der Waals surface area contributed by atoms with E-state index in [4.69, 9.17) is 4.74 Å². The third-order valence-electron chi connectivity index (χ3n) is 8.26. The predicted molar refractivity (Wildman–Crippen MR) is 187 cm³/mol. The summed E-state index contributed by atoms with van der Waals surface area (Å²) in [6.07, 6.45) is 3.25. The molecule has 0 fully saturated rings. The second-order valence-electron chi connectivity index (χ2n) is 11.7. The Bertz CT molecular complexity index is 2040. The van der Waals surface area contributed by atoms with Gasteiger partial charge in [-0.1, -0.05) is 42.5 Å². The van der Waals surface area contributed by atoms with Gasteiger partial charge in [0.05, 0.1) is 12.3 Å². The monoisotopic (exact) mass is 644 g/mol. The van der Waals surface area contributed by atoms with Gasteiger partial charge in [0.2, 0.25) is 0 Å². The number of carbonyl (C=O) groups is 2. The number of amides is 2. The SMILES string of the molecule is CN(C)c1ccc2c(c1)CCN(c1cccc(-c3cc(Nc4cc(NC(=O)OCc5ccccc5)ccn4)c(=O)n(C)c3)c1CO)C2=O. The van der Waals surface area contributed by atoms with Crippen molar-refractivity contribution in [2.75, 3.05) is 41.1 Å². The van der Waals surface area contributed by atoms with E-state index in [2.05, 4.69) is 15.6 Å². The molecule has 0 spiro atoms. The van der Waals surface area contributed by atoms with E-state index < -0.39 is 6.09 Å². The molecule has 1 aliphatic rings. The maximum Gasteiger partial charge on any atom is 0.411 e. The van der Waals surface area contributed by atoms with Crippen LogP contribution in [0.2, 0.25) is 0 Å². The van der Waals surface area contributed by atoms with Crippen molar-refractivity contribution in [1.82, 2.24) is 9.55 Å². The summed E-state index contributed by atoms with van der Waals surface area (Å²) in [7, 11) is 5.58. The topological polar surface area (TPSA) is 129 Å². The smallest absolute Gasteiger partial charge is 0.411 e. The van der Waals surface area contributed by atoms with Crippen LogP contribution in [0.4, 0.5) is 33.4 Å². The van der Waals surface area contributed by atoms with E-state index in [1.165, 1.54) is 10.8 Å². The second-order valence-corrected chi connectivity index (χ2v) is 11.7. The van der Waals surface area contributed by atoms with Gasteiger partial charge >= 0.3 is 6.09 Å². The number of carbonyl (C=O) groups excluding carboxylic acids is 2. The number of fused-ring (bicyclic) bond motifs is 1. The highest BCUT2D eigenvalue weighted by atomic mass is 16.5. The second kappa shape index (κ2) is 13.8. The molecule has 244 valence electrons. The third-order valence-corrected chi connectivity index (χ3v) is 8.26. The Morgan fingerprint density at radius 1 is 0.979 bits per heavy atom. The molecule has 3 aromatic carbocycles. The number of hydrogen-bond donors (Lipinski definition) is 3. The summed E-state index contributed by atoms with van der Waals surface area (Å²) >= 11 is 0. The van der Waals surface area contributed by atoms with Crippen LogP contribution >= 0.6 is 0 Å². The minimum absolute atomic E-state index is 0.125. The fourth-order valence-electron chi connectivity index (χ4n) is 5.79. The van der Waals surface area contributed by atoms with Crippen LogP contribution in [0.5, 0.6) is 0 Å². The summed E-state index contributed by atoms with van der Waals surface area (Å²) in [6, 6.07) is 25.6. The summed E-state index contributed by atoms with van der Waals surface area (Å²) in [4.78, 5) is 47.4. The average molecular weight is 645 g/mol. The zero-order chi connectivity index (χ0) is 33.8. The van der Waals surface area contributed by atoms with Gasteiger partial charge in [-0.25, -0.2) is 9.78 Å². The molecule has 5 aromatic rings. The molecule has 1 aliphatic heterocycles. The normalized spacial score (nSPS) is 12.3. The lowest BCUT2D eigenvalue weighted by Gasteiger charge is -2.31. The molecule has 6 rings (SSSR count). The highest BCUT2D eigenvalue weighted by Gasteiger charge is 2.28. The van der Waals surface area contributed by atoms with Gasteiger partial charge in [0.15, 0.2) is 0 Å². The summed E-state index contributed by atoms with van der Waals surface area (Å²) < 4.78 is 6.75. The fourth-order valence-corrected chi connectivity index (χ4v) is 5.79. The van der Waals surface area contributed by atoms with E-state index in [0.717, 1.165) is 16.8 Å². The Kier molecular flexibility index (Phi) is 9.22. The van der Waals surface area contributed by atoms with Crippen molar-refractivity contribution >= 4 is 40.6 Å². The Balaban J connectivity index is 1.24. The number of rotatable bonds is 9. The van der Waals surface area contributed by atoms with Crippen molar-refractivity contribution in [1.29, 1.82) is 0 Å². The Labute approximate surface area is 278 Å². The summed E-state index contributed by atoms with van der Waals surface area (Å²) in [5.74, 6) is 0.205. The van der Waals surface area contributed by atoms with E-state index in [9.17, 15) is 19.5 Å². The molecule has 0 bridgehead atoms. The number of aryl methyl sites for hydroxylation is 1. The molecular formula is C37H36N6O5. The Morgan fingerprint density at radius 2 is 1.79 bits per heavy atom. The van der Waals surface area contributed by atoms with Crippen LogP contribution in [-0.2, 0) is 31.4 Å². The number of anilines is 5. The molecule has 3 heterocycles. The molecule has 0 atom stereocenters. The first kappa shape index (κ1) is 32.0. The molecule has 11 heteroatoms. The van der Waals surface area contributed by atoms with Gasteiger partial charge in [-0.3, -0.25) is 14.9 Å². The lowest BCUT2D eigenvalue weighted by atomic mass is 9.94. The zero-order valence-corrected chi connectivity index (χ0v) is 26.9. The van der Waals surface area contributed by atoms with E-state index in [0.29, 0.717) is 52.4 Å². The molecule has 2 amide bonds. The Morgan fingerprint density at radius 3 is 2.56 bits per heavy atom. The van der Waals surface area contributed by atoms with Crippen LogP contribution in [0.25, 0.3) is 11.1 Å². The van der Waals surface area contributed by atoms with Crippen LogP contribution in [0, 0.1) is 0 Å². The van der Waals surface area contributed by atoms with Crippen LogP contribution in [-0.4, -0.2) is 47.3 Å². The quantitative estimate of drug-likeness (QED) is 0.186. The van der Waals surface area contributed by atoms with Crippen LogP contribution < -0.4 is 26.0 Å². The molecule has 0 unspecified atom stereocenters. The van der Waals surface area contributed by atoms with Gasteiger partial charge in [0.1, 0.15) is 18.1 Å². The van der Waals surface area contributed by atoms with Crippen LogP contribution in [0.15, 0.2) is 102 Å². The summed E-state index contributed by atoms with van der Waals surface area (Å²) in [6.45, 7) is 0.275. The molecule has 3 N–H and O–H groups in total. The number of hydrogen-bond acceptors (Lipinski definition) is 8. The first-order chi connectivity index (χ1) is 23.2. The number of aromatic nitrogens is 2. The van der Waals surface area contributed by atoms with Crippen LogP contribution in [0.3, 0.4) is 0 Å². The van der Waals surface area contributed by atoms with Gasteiger partial charge in [0.25, 0.3) is 11.5 Å². The number of ether oxygens (including phenoxy) is 1. The summed E-state index contributed by atoms with van der Waals surface area (Å²) in [5, 5.41) is 16.4. The number of nitrogens with one attached hydrogen (secondary N) is 2. The van der Waals surface area contributed by atoms with Crippen molar-refractivity contribution in [3.63, 3.8) is 0 Å². The first-order valence-electron chi connectivity index (χ1n) is 15.5. The number of benzene rings is 3. The van der Waals surface area contributed by atoms with Gasteiger partial charge < -0.3 is 29.5 Å². The van der Waals surface area contributed by atoms with E-state index in [1.54, 1.807) is 36.3 Å². The van der Waals surface area contributed by atoms with Crippen molar-refractivity contribution in [3.8, 4) is 11.1 Å². The van der Waals surface area contributed by atoms with Crippen molar-refractivity contribution in [2.45, 2.75) is 19.6 Å². The molecule has 0 saturated carbocycles. The Hall–Kier alpha value is -5.94. The molecular weight excluding hydrogens is 608 g/mol. The zero-order valence-electron chi connectivity index (χ0n) is 26.9. The van der Waals surface area contributed by atoms with Crippen molar-refractivity contribution in [2.24, 2.45) is 7.05 Å². The van der Waals surface area contributed by atoms with Gasteiger partial charge in [-0.05, 0) is 59.5 Å². The first-order valence-corrected chi connectivity index (χ1v) is 15.5. The molecule has 48 heavy (non-hydrogen) atoms. The number of nitrogens with zero attached hydrogens (tertiary/aromatic N) is 4. The van der Waals surface area contributed by atoms with E-state index >= 15 is 0 Å². The molecule has 0 radical (unpaired) electrons. The van der Waals surface area contributed by atoms with E-state index in [-0.39, 0.29) is 30.4 Å². The number of pyridine rings is 2. The van der Waals surface area contributed by atoms with Crippen molar-refractivity contribution in [3.05, 3.63) is 130 Å². The highest BCUT2D eigenvalue weighted by Crippen LogP contribution is 2.35. The average Bonchev–Trinajstić information content (AvgIpc) is 3.09. The lowest BCUT2D eigenvalue weighted by molar-refractivity contribution is 0.0980. The predicted octanol–water partition coefficient (Wildman–Crippen LogP) is 5.70. The molecule has 11 nitrogen and oxygen atoms in total. The minimum Gasteiger partial charge on any atom is -0.444 e. The van der Waals surface area contributed by atoms with E-state index in [1.807, 2.05) is 85.7 Å². The van der Waals surface area contributed by atoms with Gasteiger partial charge in [0, 0.05) is 74.2 Å². The molecule has 0 aliphatic carbocycles. The fraction of sp³-hybridized carbons (Fsp3) is 0.189. The lowest BCUT2D eigenvalue weighted by Crippen LogP contribution is -2.38. The largest absolute Gasteiger partial charge is 0.444 e. The minimum atomic E-state index is -0.626. The highest BCUT2D eigenvalue weighted by molar-refractivity contribution is 6.09. The van der Waals surface area contributed by atoms with Gasteiger partial charge in [-0.15, -0.1) is 0 Å².